The third-order valence-corrected chi connectivity index (χ3v) is 0.645. The van der Waals surface area contributed by atoms with Crippen molar-refractivity contribution in [3.05, 3.63) is 18.0 Å². The lowest BCUT2D eigenvalue weighted by Crippen LogP contribution is -2.10. The van der Waals surface area contributed by atoms with Crippen molar-refractivity contribution in [1.82, 2.24) is 5.16 Å². The number of hydrogen-bond acceptors (Lipinski definition) is 3. The molecule has 0 spiro atoms. The summed E-state index contributed by atoms with van der Waals surface area (Å²) < 4.78 is 4.20. The maximum absolute atomic E-state index is 10.1. The van der Waals surface area contributed by atoms with E-state index in [4.69, 9.17) is 5.73 Å². The Kier molecular flexibility index (Phi) is 0.997. The number of primary amides is 1. The molecule has 1 radical (unpaired) electrons. The molecule has 0 saturated carbocycles. The van der Waals surface area contributed by atoms with Crippen molar-refractivity contribution >= 4 is 5.91 Å². The van der Waals surface area contributed by atoms with Crippen molar-refractivity contribution in [2.24, 2.45) is 5.73 Å². The van der Waals surface area contributed by atoms with Crippen LogP contribution in [-0.4, -0.2) is 11.1 Å². The van der Waals surface area contributed by atoms with Crippen LogP contribution in [0.4, 0.5) is 0 Å². The van der Waals surface area contributed by atoms with Gasteiger partial charge in [-0.1, -0.05) is 5.16 Å². The summed E-state index contributed by atoms with van der Waals surface area (Å²) in [6.45, 7) is 0. The number of rotatable bonds is 1. The third-order valence-electron chi connectivity index (χ3n) is 0.645. The Morgan fingerprint density at radius 3 is 3.00 bits per heavy atom. The summed E-state index contributed by atoms with van der Waals surface area (Å²) in [4.78, 5) is 10.1. The zero-order chi connectivity index (χ0) is 5.98. The molecule has 8 heavy (non-hydrogen) atoms. The number of amides is 1. The minimum atomic E-state index is -0.602. The Hall–Kier alpha value is -1.32. The summed E-state index contributed by atoms with van der Waals surface area (Å²) in [6, 6.07) is 1.28. The Morgan fingerprint density at radius 2 is 2.75 bits per heavy atom. The molecule has 0 fully saturated rings. The molecule has 0 aliphatic rings. The molecule has 0 unspecified atom stereocenters. The minimum Gasteiger partial charge on any atom is -0.364 e. The van der Waals surface area contributed by atoms with E-state index in [0.717, 1.165) is 0 Å². The largest absolute Gasteiger partial charge is 0.364 e. The predicted molar refractivity (Wildman–Crippen MR) is 23.9 cm³/mol. The number of hydrogen-bond donors (Lipinski definition) is 1. The van der Waals surface area contributed by atoms with Crippen molar-refractivity contribution in [2.75, 3.05) is 0 Å². The molecule has 0 bridgehead atoms. The van der Waals surface area contributed by atoms with Crippen LogP contribution < -0.4 is 5.73 Å². The van der Waals surface area contributed by atoms with Gasteiger partial charge in [0.05, 0.1) is 0 Å². The van der Waals surface area contributed by atoms with Crippen LogP contribution in [0.5, 0.6) is 0 Å². The highest BCUT2D eigenvalue weighted by Crippen LogP contribution is 1.88. The molecule has 0 saturated heterocycles. The van der Waals surface area contributed by atoms with Crippen LogP contribution in [0.15, 0.2) is 10.6 Å². The van der Waals surface area contributed by atoms with E-state index < -0.39 is 5.91 Å². The molecular weight excluding hydrogens is 108 g/mol. The number of nitrogens with two attached hydrogens (primary N) is 1. The Balaban J connectivity index is 2.93. The van der Waals surface area contributed by atoms with Gasteiger partial charge in [0.15, 0.2) is 5.69 Å². The summed E-state index contributed by atoms with van der Waals surface area (Å²) in [5.41, 5.74) is 4.88. The Bertz CT molecular complexity index is 180. The van der Waals surface area contributed by atoms with E-state index in [9.17, 15) is 4.79 Å². The molecule has 0 aliphatic carbocycles. The quantitative estimate of drug-likeness (QED) is 0.534. The van der Waals surface area contributed by atoms with Gasteiger partial charge in [-0.05, 0) is 0 Å². The molecule has 4 nitrogen and oxygen atoms in total. The fourth-order valence-corrected chi connectivity index (χ4v) is 0.300. The second kappa shape index (κ2) is 1.65. The van der Waals surface area contributed by atoms with E-state index in [-0.39, 0.29) is 5.69 Å². The second-order valence-corrected chi connectivity index (χ2v) is 1.19. The van der Waals surface area contributed by atoms with E-state index in [2.05, 4.69) is 15.9 Å². The highest BCUT2D eigenvalue weighted by Gasteiger charge is 2.00. The summed E-state index contributed by atoms with van der Waals surface area (Å²) in [7, 11) is 0. The fourth-order valence-electron chi connectivity index (χ4n) is 0.300. The van der Waals surface area contributed by atoms with Gasteiger partial charge in [0.1, 0.15) is 0 Å². The zero-order valence-corrected chi connectivity index (χ0v) is 3.92. The van der Waals surface area contributed by atoms with Crippen LogP contribution in [0, 0.1) is 6.26 Å². The van der Waals surface area contributed by atoms with E-state index in [1.165, 1.54) is 6.07 Å². The first-order valence-electron chi connectivity index (χ1n) is 1.93. The third kappa shape index (κ3) is 0.676. The van der Waals surface area contributed by atoms with Gasteiger partial charge in [0.25, 0.3) is 5.91 Å². The van der Waals surface area contributed by atoms with Crippen molar-refractivity contribution < 1.29 is 9.32 Å². The molecule has 1 aromatic heterocycles. The first kappa shape index (κ1) is 4.83. The molecule has 0 aliphatic heterocycles. The van der Waals surface area contributed by atoms with Crippen LogP contribution in [0.2, 0.25) is 0 Å². The highest BCUT2D eigenvalue weighted by molar-refractivity contribution is 5.90. The van der Waals surface area contributed by atoms with Gasteiger partial charge in [-0.15, -0.1) is 0 Å². The van der Waals surface area contributed by atoms with Crippen molar-refractivity contribution in [3.63, 3.8) is 0 Å². The molecule has 1 amide bonds. The normalized spacial score (nSPS) is 9.00. The molecule has 0 aromatic carbocycles. The average molecular weight is 111 g/mol. The van der Waals surface area contributed by atoms with E-state index in [1.54, 1.807) is 0 Å². The Morgan fingerprint density at radius 1 is 2.00 bits per heavy atom. The van der Waals surface area contributed by atoms with E-state index in [1.807, 2.05) is 0 Å². The monoisotopic (exact) mass is 111 g/mol. The van der Waals surface area contributed by atoms with Crippen LogP contribution in [0.1, 0.15) is 10.5 Å². The molecule has 1 aromatic rings. The van der Waals surface area contributed by atoms with Crippen LogP contribution in [-0.2, 0) is 0 Å². The van der Waals surface area contributed by atoms with Gasteiger partial charge >= 0.3 is 0 Å². The van der Waals surface area contributed by atoms with Gasteiger partial charge in [0, 0.05) is 6.07 Å². The molecule has 41 valence electrons. The molecule has 0 atom stereocenters. The lowest BCUT2D eigenvalue weighted by atomic mass is 10.4. The van der Waals surface area contributed by atoms with E-state index in [0.29, 0.717) is 0 Å². The smallest absolute Gasteiger partial charge is 0.270 e. The summed E-state index contributed by atoms with van der Waals surface area (Å²) >= 11 is 0. The maximum Gasteiger partial charge on any atom is 0.270 e. The molecule has 1 heterocycles. The standard InChI is InChI=1S/C4H3N2O2/c5-4(7)3-1-2-8-6-3/h1H,(H2,5,7). The van der Waals surface area contributed by atoms with E-state index >= 15 is 0 Å². The number of carbonyl (C=O) groups is 1. The molecule has 2 N–H and O–H groups in total. The fraction of sp³-hybridized carbons (Fsp3) is 0. The van der Waals surface area contributed by atoms with Gasteiger partial charge in [0.2, 0.25) is 6.26 Å². The Labute approximate surface area is 45.3 Å². The van der Waals surface area contributed by atoms with Crippen LogP contribution in [0.25, 0.3) is 0 Å². The first-order valence-corrected chi connectivity index (χ1v) is 1.93. The van der Waals surface area contributed by atoms with Crippen LogP contribution >= 0.6 is 0 Å². The number of carbonyl (C=O) groups excluding carboxylic acids is 1. The summed E-state index contributed by atoms with van der Waals surface area (Å²) in [5.74, 6) is -0.602. The summed E-state index contributed by atoms with van der Waals surface area (Å²) in [5, 5.41) is 3.21. The van der Waals surface area contributed by atoms with Gasteiger partial charge in [-0.3, -0.25) is 4.79 Å². The maximum atomic E-state index is 10.1. The molecule has 4 heteroatoms. The lowest BCUT2D eigenvalue weighted by molar-refractivity contribution is 0.0991. The van der Waals surface area contributed by atoms with Crippen molar-refractivity contribution in [1.29, 1.82) is 0 Å². The van der Waals surface area contributed by atoms with Crippen LogP contribution in [0.3, 0.4) is 0 Å². The second-order valence-electron chi connectivity index (χ2n) is 1.19. The number of nitrogens with zero attached hydrogens (tertiary/aromatic N) is 1. The van der Waals surface area contributed by atoms with Gasteiger partial charge in [-0.25, -0.2) is 0 Å². The average Bonchev–Trinajstić information content (AvgIpc) is 2.12. The van der Waals surface area contributed by atoms with Crippen molar-refractivity contribution in [3.8, 4) is 0 Å². The molecule has 1 rings (SSSR count). The highest BCUT2D eigenvalue weighted by atomic mass is 16.5. The lowest BCUT2D eigenvalue weighted by Gasteiger charge is -1.76. The zero-order valence-electron chi connectivity index (χ0n) is 3.92. The topological polar surface area (TPSA) is 69.1 Å². The SMILES string of the molecule is NC(=O)c1c[c]on1. The van der Waals surface area contributed by atoms with Gasteiger partial charge < -0.3 is 10.3 Å². The summed E-state index contributed by atoms with van der Waals surface area (Å²) in [6.07, 6.45) is 2.22. The molecular formula is C4H3N2O2. The van der Waals surface area contributed by atoms with Gasteiger partial charge in [-0.2, -0.15) is 0 Å². The predicted octanol–water partition coefficient (Wildman–Crippen LogP) is -0.426. The van der Waals surface area contributed by atoms with Crippen molar-refractivity contribution in [2.45, 2.75) is 0 Å². The minimum absolute atomic E-state index is 0.102. The first-order chi connectivity index (χ1) is 3.80. The number of aromatic nitrogens is 1.